The first-order valence-electron chi connectivity index (χ1n) is 10.3. The number of carbonyl (C=O) groups excluding carboxylic acids is 1. The van der Waals surface area contributed by atoms with Crippen LogP contribution in [0.25, 0.3) is 21.9 Å². The molecule has 158 valence electrons. The molecule has 4 aromatic rings. The Morgan fingerprint density at radius 1 is 1.19 bits per heavy atom. The minimum Gasteiger partial charge on any atom is -0.355 e. The van der Waals surface area contributed by atoms with Gasteiger partial charge in [0.25, 0.3) is 5.56 Å². The molecular weight excluding hydrogens is 415 g/mol. The SMILES string of the molecule is O=C(Cn1c2ccc(F)cc2c2nc3n(c(=O)c21)CCS3)NCCCc1ccccc1. The smallest absolute Gasteiger partial charge is 0.278 e. The van der Waals surface area contributed by atoms with Crippen molar-refractivity contribution in [3.63, 3.8) is 0 Å². The standard InChI is InChI=1S/C23H21FN4O2S/c24-16-8-9-18-17(13-16)20-21(22(30)27-11-12-31-23(27)26-20)28(18)14-19(29)25-10-4-7-15-5-2-1-3-6-15/h1-3,5-6,8-9,13H,4,7,10-12,14H2,(H,25,29). The Morgan fingerprint density at radius 3 is 2.87 bits per heavy atom. The highest BCUT2D eigenvalue weighted by Gasteiger charge is 2.23. The Labute approximate surface area is 182 Å². The van der Waals surface area contributed by atoms with E-state index in [0.717, 1.165) is 18.6 Å². The summed E-state index contributed by atoms with van der Waals surface area (Å²) in [5.74, 6) is 0.200. The second kappa shape index (κ2) is 8.19. The molecule has 1 amide bonds. The molecule has 0 unspecified atom stereocenters. The lowest BCUT2D eigenvalue weighted by atomic mass is 10.1. The van der Waals surface area contributed by atoms with Crippen molar-refractivity contribution >= 4 is 39.6 Å². The number of nitrogens with one attached hydrogen (secondary N) is 1. The van der Waals surface area contributed by atoms with Crippen molar-refractivity contribution in [1.82, 2.24) is 19.4 Å². The molecule has 0 aliphatic carbocycles. The summed E-state index contributed by atoms with van der Waals surface area (Å²) >= 11 is 1.51. The molecule has 0 saturated carbocycles. The Hall–Kier alpha value is -3.13. The first-order chi connectivity index (χ1) is 15.1. The predicted octanol–water partition coefficient (Wildman–Crippen LogP) is 3.35. The second-order valence-electron chi connectivity index (χ2n) is 7.58. The zero-order valence-electron chi connectivity index (χ0n) is 16.8. The lowest BCUT2D eigenvalue weighted by molar-refractivity contribution is -0.121. The Kier molecular flexibility index (Phi) is 5.23. The Balaban J connectivity index is 1.42. The van der Waals surface area contributed by atoms with Gasteiger partial charge in [-0.25, -0.2) is 9.37 Å². The van der Waals surface area contributed by atoms with Crippen molar-refractivity contribution in [2.45, 2.75) is 31.1 Å². The fourth-order valence-electron chi connectivity index (χ4n) is 4.07. The minimum atomic E-state index is -0.396. The van der Waals surface area contributed by atoms with E-state index in [9.17, 15) is 14.0 Å². The summed E-state index contributed by atoms with van der Waals surface area (Å²) in [5, 5.41) is 4.14. The molecule has 0 fully saturated rings. The van der Waals surface area contributed by atoms with Crippen LogP contribution in [0.3, 0.4) is 0 Å². The van der Waals surface area contributed by atoms with Crippen LogP contribution in [-0.2, 0) is 24.3 Å². The van der Waals surface area contributed by atoms with Gasteiger partial charge in [0.05, 0.1) is 5.52 Å². The first-order valence-corrected chi connectivity index (χ1v) is 11.3. The molecular formula is C23H21FN4O2S. The van der Waals surface area contributed by atoms with E-state index in [1.807, 2.05) is 18.2 Å². The third-order valence-corrected chi connectivity index (χ3v) is 6.50. The van der Waals surface area contributed by atoms with Crippen molar-refractivity contribution in [2.75, 3.05) is 12.3 Å². The predicted molar refractivity (Wildman–Crippen MR) is 120 cm³/mol. The number of hydrogen-bond acceptors (Lipinski definition) is 4. The van der Waals surface area contributed by atoms with E-state index in [-0.39, 0.29) is 18.0 Å². The number of carbonyl (C=O) groups is 1. The van der Waals surface area contributed by atoms with Crippen LogP contribution >= 0.6 is 11.8 Å². The van der Waals surface area contributed by atoms with E-state index in [0.29, 0.717) is 40.2 Å². The molecule has 5 rings (SSSR count). The van der Waals surface area contributed by atoms with Crippen LogP contribution in [0.2, 0.25) is 0 Å². The fraction of sp³-hybridized carbons (Fsp3) is 0.261. The molecule has 2 aromatic carbocycles. The summed E-state index contributed by atoms with van der Waals surface area (Å²) < 4.78 is 17.3. The highest BCUT2D eigenvalue weighted by atomic mass is 32.2. The summed E-state index contributed by atoms with van der Waals surface area (Å²) in [4.78, 5) is 30.5. The van der Waals surface area contributed by atoms with Gasteiger partial charge in [-0.05, 0) is 36.6 Å². The molecule has 0 spiro atoms. The van der Waals surface area contributed by atoms with Gasteiger partial charge in [0.1, 0.15) is 23.4 Å². The van der Waals surface area contributed by atoms with Crippen LogP contribution in [0.15, 0.2) is 58.5 Å². The van der Waals surface area contributed by atoms with E-state index in [2.05, 4.69) is 22.4 Å². The van der Waals surface area contributed by atoms with Crippen molar-refractivity contribution in [3.8, 4) is 0 Å². The van der Waals surface area contributed by atoms with Gasteiger partial charge in [0, 0.05) is 24.2 Å². The molecule has 0 atom stereocenters. The molecule has 1 N–H and O–H groups in total. The van der Waals surface area contributed by atoms with E-state index in [1.165, 1.54) is 29.5 Å². The third kappa shape index (κ3) is 3.72. The number of benzene rings is 2. The van der Waals surface area contributed by atoms with Gasteiger partial charge in [0.15, 0.2) is 5.16 Å². The average molecular weight is 437 g/mol. The summed E-state index contributed by atoms with van der Waals surface area (Å²) in [6.07, 6.45) is 1.70. The highest BCUT2D eigenvalue weighted by molar-refractivity contribution is 7.99. The molecule has 3 heterocycles. The highest BCUT2D eigenvalue weighted by Crippen LogP contribution is 2.30. The van der Waals surface area contributed by atoms with E-state index >= 15 is 0 Å². The maximum Gasteiger partial charge on any atom is 0.278 e. The largest absolute Gasteiger partial charge is 0.355 e. The van der Waals surface area contributed by atoms with Crippen LogP contribution in [0, 0.1) is 5.82 Å². The van der Waals surface area contributed by atoms with Crippen LogP contribution < -0.4 is 10.9 Å². The number of aromatic nitrogens is 3. The molecule has 6 nitrogen and oxygen atoms in total. The van der Waals surface area contributed by atoms with Gasteiger partial charge < -0.3 is 9.88 Å². The van der Waals surface area contributed by atoms with Crippen molar-refractivity contribution < 1.29 is 9.18 Å². The molecule has 8 heteroatoms. The van der Waals surface area contributed by atoms with Gasteiger partial charge in [-0.15, -0.1) is 0 Å². The van der Waals surface area contributed by atoms with Crippen LogP contribution in [-0.4, -0.2) is 32.3 Å². The number of rotatable bonds is 6. The van der Waals surface area contributed by atoms with E-state index in [1.54, 1.807) is 15.2 Å². The number of hydrogen-bond donors (Lipinski definition) is 1. The maximum atomic E-state index is 14.0. The summed E-state index contributed by atoms with van der Waals surface area (Å²) in [7, 11) is 0. The molecule has 0 radical (unpaired) electrons. The zero-order chi connectivity index (χ0) is 21.4. The van der Waals surface area contributed by atoms with Gasteiger partial charge in [-0.2, -0.15) is 0 Å². The topological polar surface area (TPSA) is 68.9 Å². The lowest BCUT2D eigenvalue weighted by Gasteiger charge is -2.09. The van der Waals surface area contributed by atoms with Gasteiger partial charge >= 0.3 is 0 Å². The molecule has 0 bridgehead atoms. The maximum absolute atomic E-state index is 14.0. The van der Waals surface area contributed by atoms with E-state index < -0.39 is 5.82 Å². The molecule has 1 aliphatic rings. The first kappa shape index (κ1) is 19.8. The monoisotopic (exact) mass is 436 g/mol. The molecule has 0 saturated heterocycles. The Morgan fingerprint density at radius 2 is 2.03 bits per heavy atom. The van der Waals surface area contributed by atoms with Crippen molar-refractivity contribution in [3.05, 3.63) is 70.3 Å². The number of halogens is 1. The number of aryl methyl sites for hydroxylation is 1. The summed E-state index contributed by atoms with van der Waals surface area (Å²) in [5.41, 5.74) is 2.49. The number of fused-ring (bicyclic) bond motifs is 4. The fourth-order valence-corrected chi connectivity index (χ4v) is 5.02. The second-order valence-corrected chi connectivity index (χ2v) is 8.65. The molecule has 31 heavy (non-hydrogen) atoms. The van der Waals surface area contributed by atoms with Crippen molar-refractivity contribution in [2.24, 2.45) is 0 Å². The number of nitrogens with zero attached hydrogens (tertiary/aromatic N) is 3. The van der Waals surface area contributed by atoms with Crippen LogP contribution in [0.1, 0.15) is 12.0 Å². The van der Waals surface area contributed by atoms with Crippen LogP contribution in [0.4, 0.5) is 4.39 Å². The Bertz CT molecular complexity index is 1350. The van der Waals surface area contributed by atoms with Gasteiger partial charge in [-0.1, -0.05) is 42.1 Å². The van der Waals surface area contributed by atoms with Gasteiger partial charge in [-0.3, -0.25) is 14.2 Å². The molecule has 2 aromatic heterocycles. The molecule has 1 aliphatic heterocycles. The zero-order valence-corrected chi connectivity index (χ0v) is 17.6. The van der Waals surface area contributed by atoms with Crippen molar-refractivity contribution in [1.29, 1.82) is 0 Å². The average Bonchev–Trinajstić information content (AvgIpc) is 3.36. The van der Waals surface area contributed by atoms with Gasteiger partial charge in [0.2, 0.25) is 5.91 Å². The third-order valence-electron chi connectivity index (χ3n) is 5.54. The van der Waals surface area contributed by atoms with E-state index in [4.69, 9.17) is 0 Å². The minimum absolute atomic E-state index is 0.0135. The number of amides is 1. The summed E-state index contributed by atoms with van der Waals surface area (Å²) in [6, 6.07) is 14.4. The normalized spacial score (nSPS) is 13.1. The quantitative estimate of drug-likeness (QED) is 0.372. The number of thioether (sulfide) groups is 1. The van der Waals surface area contributed by atoms with Crippen LogP contribution in [0.5, 0.6) is 0 Å². The summed E-state index contributed by atoms with van der Waals surface area (Å²) in [6.45, 7) is 1.12. The lowest BCUT2D eigenvalue weighted by Crippen LogP contribution is -2.30.